The van der Waals surface area contributed by atoms with Gasteiger partial charge in [-0.05, 0) is 32.9 Å². The second-order valence-electron chi connectivity index (χ2n) is 5.55. The highest BCUT2D eigenvalue weighted by molar-refractivity contribution is 5.80. The molecule has 1 atom stereocenters. The van der Waals surface area contributed by atoms with Crippen LogP contribution in [-0.2, 0) is 9.53 Å². The Morgan fingerprint density at radius 1 is 1.38 bits per heavy atom. The highest BCUT2D eigenvalue weighted by Crippen LogP contribution is 2.23. The van der Waals surface area contributed by atoms with E-state index in [0.717, 1.165) is 4.40 Å². The predicted octanol–water partition coefficient (Wildman–Crippen LogP) is 1.38. The molecule has 9 heteroatoms. The van der Waals surface area contributed by atoms with Crippen LogP contribution in [0.5, 0.6) is 0 Å². The number of ether oxygens (including phenoxy) is 1. The van der Waals surface area contributed by atoms with Gasteiger partial charge in [0.1, 0.15) is 11.7 Å². The Balaban J connectivity index is 2.58. The molecule has 2 aromatic rings. The second kappa shape index (κ2) is 6.65. The minimum atomic E-state index is -0.843. The summed E-state index contributed by atoms with van der Waals surface area (Å²) in [5.74, 6) is -0.735. The van der Waals surface area contributed by atoms with E-state index in [1.165, 1.54) is 25.1 Å². The number of pyridine rings is 1. The lowest BCUT2D eigenvalue weighted by Gasteiger charge is -2.24. The van der Waals surface area contributed by atoms with Crippen LogP contribution in [0.15, 0.2) is 29.2 Å². The van der Waals surface area contributed by atoms with Gasteiger partial charge in [0.2, 0.25) is 5.82 Å². The van der Waals surface area contributed by atoms with E-state index < -0.39 is 28.2 Å². The third-order valence-electron chi connectivity index (χ3n) is 3.48. The van der Waals surface area contributed by atoms with Crippen LogP contribution in [0.1, 0.15) is 20.8 Å². The normalized spacial score (nSPS) is 12.2. The van der Waals surface area contributed by atoms with Crippen LogP contribution in [0.25, 0.3) is 5.65 Å². The monoisotopic (exact) mass is 334 g/mol. The Morgan fingerprint density at radius 2 is 2.04 bits per heavy atom. The molecule has 0 N–H and O–H groups in total. The van der Waals surface area contributed by atoms with E-state index in [2.05, 4.69) is 4.98 Å². The van der Waals surface area contributed by atoms with Crippen molar-refractivity contribution in [2.45, 2.75) is 32.9 Å². The molecule has 0 fully saturated rings. The number of aromatic nitrogens is 2. The van der Waals surface area contributed by atoms with Gasteiger partial charge in [-0.2, -0.15) is 0 Å². The molecule has 0 aliphatic heterocycles. The van der Waals surface area contributed by atoms with Gasteiger partial charge in [0, 0.05) is 13.2 Å². The number of carbonyl (C=O) groups is 1. The lowest BCUT2D eigenvalue weighted by atomic mass is 10.2. The summed E-state index contributed by atoms with van der Waals surface area (Å²) < 4.78 is 6.20. The lowest BCUT2D eigenvalue weighted by molar-refractivity contribution is -0.385. The van der Waals surface area contributed by atoms with Crippen LogP contribution in [0.2, 0.25) is 0 Å². The van der Waals surface area contributed by atoms with Crippen LogP contribution in [0.3, 0.4) is 0 Å². The Kier molecular flexibility index (Phi) is 4.82. The van der Waals surface area contributed by atoms with Crippen molar-refractivity contribution in [1.29, 1.82) is 0 Å². The molecule has 0 saturated heterocycles. The van der Waals surface area contributed by atoms with Crippen molar-refractivity contribution in [3.63, 3.8) is 0 Å². The van der Waals surface area contributed by atoms with Gasteiger partial charge in [0.05, 0.1) is 11.0 Å². The number of rotatable bonds is 5. The van der Waals surface area contributed by atoms with Crippen molar-refractivity contribution in [2.24, 2.45) is 0 Å². The summed E-state index contributed by atoms with van der Waals surface area (Å²) in [5.41, 5.74) is -1.25. The summed E-state index contributed by atoms with van der Waals surface area (Å²) in [6.07, 6.45) is 1.08. The first-order chi connectivity index (χ1) is 11.2. The van der Waals surface area contributed by atoms with E-state index >= 15 is 0 Å². The summed E-state index contributed by atoms with van der Waals surface area (Å²) in [6, 6.07) is 3.95. The van der Waals surface area contributed by atoms with Crippen molar-refractivity contribution in [2.75, 3.05) is 11.9 Å². The van der Waals surface area contributed by atoms with Gasteiger partial charge < -0.3 is 9.64 Å². The van der Waals surface area contributed by atoms with Crippen molar-refractivity contribution in [3.05, 3.63) is 44.9 Å². The number of nitro groups is 1. The highest BCUT2D eigenvalue weighted by Gasteiger charge is 2.31. The number of anilines is 1. The van der Waals surface area contributed by atoms with Gasteiger partial charge in [0.15, 0.2) is 0 Å². The molecule has 0 amide bonds. The Bertz CT molecular complexity index is 845. The van der Waals surface area contributed by atoms with E-state index in [9.17, 15) is 19.7 Å². The average Bonchev–Trinajstić information content (AvgIpc) is 2.52. The molecule has 2 aromatic heterocycles. The fourth-order valence-electron chi connectivity index (χ4n) is 2.15. The number of carbonyl (C=O) groups excluding carboxylic acids is 1. The van der Waals surface area contributed by atoms with Gasteiger partial charge in [-0.1, -0.05) is 6.07 Å². The Hall–Kier alpha value is -2.97. The molecule has 24 heavy (non-hydrogen) atoms. The fraction of sp³-hybridized carbons (Fsp3) is 0.400. The first-order valence-corrected chi connectivity index (χ1v) is 7.33. The topological polar surface area (TPSA) is 107 Å². The maximum atomic E-state index is 12.4. The lowest BCUT2D eigenvalue weighted by Crippen LogP contribution is -2.40. The fourth-order valence-corrected chi connectivity index (χ4v) is 2.15. The number of nitrogens with zero attached hydrogens (tertiary/aromatic N) is 4. The van der Waals surface area contributed by atoms with Crippen LogP contribution < -0.4 is 10.5 Å². The Morgan fingerprint density at radius 3 is 2.62 bits per heavy atom. The summed E-state index contributed by atoms with van der Waals surface area (Å²) in [7, 11) is 1.46. The van der Waals surface area contributed by atoms with E-state index in [0.29, 0.717) is 0 Å². The Labute approximate surface area is 137 Å². The van der Waals surface area contributed by atoms with Gasteiger partial charge in [-0.3, -0.25) is 19.3 Å². The zero-order valence-corrected chi connectivity index (χ0v) is 13.8. The molecule has 0 radical (unpaired) electrons. The minimum Gasteiger partial charge on any atom is -0.461 e. The maximum Gasteiger partial charge on any atom is 0.376 e. The van der Waals surface area contributed by atoms with Crippen molar-refractivity contribution in [1.82, 2.24) is 9.38 Å². The van der Waals surface area contributed by atoms with Crippen LogP contribution >= 0.6 is 0 Å². The van der Waals surface area contributed by atoms with E-state index in [1.54, 1.807) is 32.0 Å². The molecule has 0 aliphatic rings. The SMILES string of the molecule is CC(C)OC(=O)C(C)N(C)c1nc2ccccn2c(=O)c1[N+](=O)[O-]. The van der Waals surface area contributed by atoms with Crippen LogP contribution in [0, 0.1) is 10.1 Å². The molecule has 0 aliphatic carbocycles. The number of hydrogen-bond acceptors (Lipinski definition) is 7. The molecule has 1 unspecified atom stereocenters. The van der Waals surface area contributed by atoms with E-state index in [1.807, 2.05) is 0 Å². The molecule has 0 spiro atoms. The summed E-state index contributed by atoms with van der Waals surface area (Å²) in [4.78, 5) is 40.5. The summed E-state index contributed by atoms with van der Waals surface area (Å²) in [6.45, 7) is 4.93. The molecule has 0 aromatic carbocycles. The largest absolute Gasteiger partial charge is 0.461 e. The van der Waals surface area contributed by atoms with Gasteiger partial charge in [-0.15, -0.1) is 0 Å². The molecule has 9 nitrogen and oxygen atoms in total. The van der Waals surface area contributed by atoms with Crippen molar-refractivity contribution >= 4 is 23.1 Å². The molecule has 2 rings (SSSR count). The van der Waals surface area contributed by atoms with Crippen molar-refractivity contribution in [3.8, 4) is 0 Å². The first-order valence-electron chi connectivity index (χ1n) is 7.33. The molecular formula is C15H18N4O5. The molecule has 0 saturated carbocycles. The molecule has 128 valence electrons. The maximum absolute atomic E-state index is 12.4. The van der Waals surface area contributed by atoms with Crippen LogP contribution in [-0.4, -0.2) is 39.5 Å². The number of fused-ring (bicyclic) bond motifs is 1. The van der Waals surface area contributed by atoms with Crippen molar-refractivity contribution < 1.29 is 14.5 Å². The smallest absolute Gasteiger partial charge is 0.376 e. The van der Waals surface area contributed by atoms with Gasteiger partial charge in [-0.25, -0.2) is 9.78 Å². The number of likely N-dealkylation sites (N-methyl/N-ethyl adjacent to an activating group) is 1. The third-order valence-corrected chi connectivity index (χ3v) is 3.48. The first kappa shape index (κ1) is 17.4. The van der Waals surface area contributed by atoms with Gasteiger partial charge >= 0.3 is 17.2 Å². The second-order valence-corrected chi connectivity index (χ2v) is 5.55. The number of esters is 1. The average molecular weight is 334 g/mol. The number of hydrogen-bond donors (Lipinski definition) is 0. The zero-order chi connectivity index (χ0) is 18.0. The third kappa shape index (κ3) is 3.19. The summed E-state index contributed by atoms with van der Waals surface area (Å²) in [5, 5.41) is 11.4. The van der Waals surface area contributed by atoms with E-state index in [4.69, 9.17) is 4.74 Å². The summed E-state index contributed by atoms with van der Waals surface area (Å²) >= 11 is 0. The molecular weight excluding hydrogens is 316 g/mol. The molecule has 2 heterocycles. The highest BCUT2D eigenvalue weighted by atomic mass is 16.6. The zero-order valence-electron chi connectivity index (χ0n) is 13.8. The quantitative estimate of drug-likeness (QED) is 0.462. The van der Waals surface area contributed by atoms with Gasteiger partial charge in [0.25, 0.3) is 0 Å². The predicted molar refractivity (Wildman–Crippen MR) is 87.2 cm³/mol. The standard InChI is InChI=1S/C15H18N4O5/c1-9(2)24-15(21)10(3)17(4)13-12(19(22)23)14(20)18-8-6-5-7-11(18)16-13/h5-10H,1-4H3. The van der Waals surface area contributed by atoms with Crippen LogP contribution in [0.4, 0.5) is 11.5 Å². The molecule has 0 bridgehead atoms. The minimum absolute atomic E-state index is 0.176. The van der Waals surface area contributed by atoms with E-state index in [-0.39, 0.29) is 17.6 Å².